The molecule has 10 nitrogen and oxygen atoms in total. The van der Waals surface area contributed by atoms with E-state index in [1.165, 1.54) is 43.1 Å². The van der Waals surface area contributed by atoms with Gasteiger partial charge in [0.05, 0.1) is 18.8 Å². The monoisotopic (exact) mass is 444 g/mol. The first-order chi connectivity index (χ1) is 15.2. The molecule has 2 heterocycles. The minimum Gasteiger partial charge on any atom is -0.456 e. The van der Waals surface area contributed by atoms with E-state index in [0.717, 1.165) is 0 Å². The Morgan fingerprint density at radius 1 is 1.25 bits per heavy atom. The Morgan fingerprint density at radius 3 is 2.66 bits per heavy atom. The summed E-state index contributed by atoms with van der Waals surface area (Å²) in [5.41, 5.74) is 1.03. The number of nitrogens with zero attached hydrogens (tertiary/aromatic N) is 2. The van der Waals surface area contributed by atoms with Crippen LogP contribution in [0.15, 0.2) is 36.5 Å². The number of hydrogen-bond donors (Lipinski definition) is 2. The number of hydrogen-bond acceptors (Lipinski definition) is 7. The largest absolute Gasteiger partial charge is 0.456 e. The van der Waals surface area contributed by atoms with Crippen LogP contribution in [0.25, 0.3) is 11.1 Å². The number of pyridine rings is 1. The first kappa shape index (κ1) is 22.7. The number of benzene rings is 1. The summed E-state index contributed by atoms with van der Waals surface area (Å²) in [6, 6.07) is 7.36. The van der Waals surface area contributed by atoms with Crippen molar-refractivity contribution in [1.82, 2.24) is 10.3 Å². The minimum absolute atomic E-state index is 0.174. The number of halogens is 1. The SMILES string of the molecule is CC(=O)NC[C@H]1CN(c2ccc(-c3ccc(NC(=O)COC(C)=O)nc3)c(F)c2)C(=O)O1. The van der Waals surface area contributed by atoms with Gasteiger partial charge in [-0.25, -0.2) is 14.2 Å². The molecule has 32 heavy (non-hydrogen) atoms. The highest BCUT2D eigenvalue weighted by molar-refractivity contribution is 5.92. The van der Waals surface area contributed by atoms with Gasteiger partial charge in [-0.3, -0.25) is 19.3 Å². The minimum atomic E-state index is -0.622. The highest BCUT2D eigenvalue weighted by atomic mass is 19.1. The second-order valence-corrected chi connectivity index (χ2v) is 6.98. The third-order valence-electron chi connectivity index (χ3n) is 4.47. The van der Waals surface area contributed by atoms with Crippen molar-refractivity contribution in [3.63, 3.8) is 0 Å². The summed E-state index contributed by atoms with van der Waals surface area (Å²) >= 11 is 0. The Balaban J connectivity index is 1.66. The molecule has 1 aromatic heterocycles. The molecule has 1 fully saturated rings. The van der Waals surface area contributed by atoms with E-state index in [9.17, 15) is 23.6 Å². The van der Waals surface area contributed by atoms with E-state index in [-0.39, 0.29) is 30.4 Å². The standard InChI is InChI=1S/C21H21FN4O6/c1-12(27)23-9-16-10-26(21(30)32-16)15-4-5-17(18(22)7-15)14-3-6-19(24-8-14)25-20(29)11-31-13(2)28/h3-8,16H,9-11H2,1-2H3,(H,23,27)(H,24,25,29)/t16-/m0/s1. The van der Waals surface area contributed by atoms with Crippen LogP contribution < -0.4 is 15.5 Å². The van der Waals surface area contributed by atoms with Crippen molar-refractivity contribution < 1.29 is 33.0 Å². The number of nitrogens with one attached hydrogen (secondary N) is 2. The molecule has 0 saturated carbocycles. The summed E-state index contributed by atoms with van der Waals surface area (Å²) in [5, 5.41) is 5.04. The van der Waals surface area contributed by atoms with E-state index >= 15 is 0 Å². The van der Waals surface area contributed by atoms with Gasteiger partial charge >= 0.3 is 12.1 Å². The maximum Gasteiger partial charge on any atom is 0.414 e. The lowest BCUT2D eigenvalue weighted by atomic mass is 10.1. The lowest BCUT2D eigenvalue weighted by molar-refractivity contribution is -0.144. The van der Waals surface area contributed by atoms with Crippen LogP contribution in [-0.4, -0.2) is 54.7 Å². The van der Waals surface area contributed by atoms with E-state index < -0.39 is 36.5 Å². The van der Waals surface area contributed by atoms with Crippen LogP contribution in [-0.2, 0) is 23.9 Å². The number of carbonyl (C=O) groups is 4. The highest BCUT2D eigenvalue weighted by Crippen LogP contribution is 2.29. The van der Waals surface area contributed by atoms with Crippen LogP contribution in [0.3, 0.4) is 0 Å². The lowest BCUT2D eigenvalue weighted by Gasteiger charge is -2.14. The van der Waals surface area contributed by atoms with Crippen LogP contribution in [0.5, 0.6) is 0 Å². The molecule has 1 saturated heterocycles. The third-order valence-corrected chi connectivity index (χ3v) is 4.47. The number of rotatable bonds is 7. The zero-order valence-corrected chi connectivity index (χ0v) is 17.4. The van der Waals surface area contributed by atoms with Crippen LogP contribution in [0.4, 0.5) is 20.7 Å². The van der Waals surface area contributed by atoms with Gasteiger partial charge in [-0.05, 0) is 30.3 Å². The fraction of sp³-hybridized carbons (Fsp3) is 0.286. The average Bonchev–Trinajstić information content (AvgIpc) is 3.12. The second-order valence-electron chi connectivity index (χ2n) is 6.98. The van der Waals surface area contributed by atoms with Gasteiger partial charge in [-0.1, -0.05) is 0 Å². The Labute approximate surface area is 182 Å². The number of aromatic nitrogens is 1. The van der Waals surface area contributed by atoms with E-state index in [1.54, 1.807) is 12.1 Å². The van der Waals surface area contributed by atoms with Gasteiger partial charge in [0.1, 0.15) is 17.7 Å². The molecule has 0 spiro atoms. The molecule has 0 bridgehead atoms. The molecule has 168 valence electrons. The topological polar surface area (TPSA) is 127 Å². The number of cyclic esters (lactones) is 1. The molecule has 3 amide bonds. The van der Waals surface area contributed by atoms with Crippen molar-refractivity contribution in [1.29, 1.82) is 0 Å². The van der Waals surface area contributed by atoms with E-state index in [2.05, 4.69) is 20.4 Å². The Hall–Kier alpha value is -4.02. The van der Waals surface area contributed by atoms with Crippen LogP contribution >= 0.6 is 0 Å². The van der Waals surface area contributed by atoms with Gasteiger partial charge in [-0.2, -0.15) is 0 Å². The van der Waals surface area contributed by atoms with Gasteiger partial charge in [-0.15, -0.1) is 0 Å². The van der Waals surface area contributed by atoms with Crippen molar-refractivity contribution in [2.75, 3.05) is 29.9 Å². The molecule has 0 unspecified atom stereocenters. The van der Waals surface area contributed by atoms with E-state index in [0.29, 0.717) is 11.3 Å². The zero-order chi connectivity index (χ0) is 23.3. The first-order valence-corrected chi connectivity index (χ1v) is 9.64. The Morgan fingerprint density at radius 2 is 2.03 bits per heavy atom. The van der Waals surface area contributed by atoms with Crippen LogP contribution in [0.2, 0.25) is 0 Å². The van der Waals surface area contributed by atoms with Crippen molar-refractivity contribution in [3.05, 3.63) is 42.3 Å². The maximum absolute atomic E-state index is 14.8. The molecule has 1 aliphatic heterocycles. The summed E-state index contributed by atoms with van der Waals surface area (Å²) in [5.74, 6) is -1.72. The lowest BCUT2D eigenvalue weighted by Crippen LogP contribution is -2.33. The van der Waals surface area contributed by atoms with Gasteiger partial charge in [0, 0.05) is 31.2 Å². The third kappa shape index (κ3) is 5.78. The van der Waals surface area contributed by atoms with Crippen molar-refractivity contribution in [2.45, 2.75) is 20.0 Å². The molecule has 1 atom stereocenters. The smallest absolute Gasteiger partial charge is 0.414 e. The fourth-order valence-electron chi connectivity index (χ4n) is 2.98. The number of ether oxygens (including phenoxy) is 2. The van der Waals surface area contributed by atoms with Gasteiger partial charge < -0.3 is 20.1 Å². The Kier molecular flexibility index (Phi) is 6.98. The number of esters is 1. The molecule has 0 aliphatic carbocycles. The number of amides is 3. The molecule has 2 aromatic rings. The summed E-state index contributed by atoms with van der Waals surface area (Å²) in [4.78, 5) is 50.9. The highest BCUT2D eigenvalue weighted by Gasteiger charge is 2.32. The molecular weight excluding hydrogens is 423 g/mol. The van der Waals surface area contributed by atoms with Crippen molar-refractivity contribution in [3.8, 4) is 11.1 Å². The Bertz CT molecular complexity index is 1040. The summed E-state index contributed by atoms with van der Waals surface area (Å²) in [7, 11) is 0. The van der Waals surface area contributed by atoms with Gasteiger partial charge in [0.2, 0.25) is 5.91 Å². The molecule has 11 heteroatoms. The molecule has 1 aliphatic rings. The summed E-state index contributed by atoms with van der Waals surface area (Å²) < 4.78 is 24.6. The van der Waals surface area contributed by atoms with Gasteiger partial charge in [0.25, 0.3) is 5.91 Å². The van der Waals surface area contributed by atoms with Crippen molar-refractivity contribution >= 4 is 35.4 Å². The number of carbonyl (C=O) groups excluding carboxylic acids is 4. The zero-order valence-electron chi connectivity index (χ0n) is 17.4. The van der Waals surface area contributed by atoms with Crippen LogP contribution in [0, 0.1) is 5.82 Å². The van der Waals surface area contributed by atoms with Crippen molar-refractivity contribution in [2.24, 2.45) is 0 Å². The molecule has 0 radical (unpaired) electrons. The predicted molar refractivity (Wildman–Crippen MR) is 111 cm³/mol. The maximum atomic E-state index is 14.8. The first-order valence-electron chi connectivity index (χ1n) is 9.64. The average molecular weight is 444 g/mol. The molecular formula is C21H21FN4O6. The molecule has 1 aromatic carbocycles. The van der Waals surface area contributed by atoms with Crippen LogP contribution in [0.1, 0.15) is 13.8 Å². The summed E-state index contributed by atoms with van der Waals surface area (Å²) in [6.07, 6.45) is 0.234. The number of anilines is 2. The molecule has 2 N–H and O–H groups in total. The summed E-state index contributed by atoms with van der Waals surface area (Å²) in [6.45, 7) is 2.48. The normalized spacial score (nSPS) is 15.2. The predicted octanol–water partition coefficient (Wildman–Crippen LogP) is 1.85. The molecule has 3 rings (SSSR count). The van der Waals surface area contributed by atoms with Gasteiger partial charge in [0.15, 0.2) is 6.61 Å². The van der Waals surface area contributed by atoms with E-state index in [1.807, 2.05) is 0 Å². The fourth-order valence-corrected chi connectivity index (χ4v) is 2.98. The van der Waals surface area contributed by atoms with E-state index in [4.69, 9.17) is 4.74 Å². The quantitative estimate of drug-likeness (QED) is 0.624. The second kappa shape index (κ2) is 9.86.